The third-order valence-corrected chi connectivity index (χ3v) is 5.65. The van der Waals surface area contributed by atoms with Crippen molar-refractivity contribution in [2.75, 3.05) is 0 Å². The number of nitrogens with one attached hydrogen (secondary N) is 1. The molecule has 2 N–H and O–H groups in total. The molecule has 0 saturated carbocycles. The van der Waals surface area contributed by atoms with Crippen molar-refractivity contribution in [3.63, 3.8) is 0 Å². The number of aliphatic carboxylic acids is 1. The van der Waals surface area contributed by atoms with Gasteiger partial charge in [-0.3, -0.25) is 9.59 Å². The van der Waals surface area contributed by atoms with Gasteiger partial charge in [-0.2, -0.15) is 0 Å². The first-order chi connectivity index (χ1) is 13.5. The summed E-state index contributed by atoms with van der Waals surface area (Å²) in [4.78, 5) is 24.3. The van der Waals surface area contributed by atoms with Crippen molar-refractivity contribution >= 4 is 11.9 Å². The highest BCUT2D eigenvalue weighted by Crippen LogP contribution is 2.37. The molecule has 0 radical (unpaired) electrons. The van der Waals surface area contributed by atoms with Crippen LogP contribution in [0.3, 0.4) is 0 Å². The molecule has 4 heteroatoms. The maximum Gasteiger partial charge on any atom is 0.309 e. The molecule has 1 saturated heterocycles. The summed E-state index contributed by atoms with van der Waals surface area (Å²) in [6.07, 6.45) is 14.4. The van der Waals surface area contributed by atoms with E-state index in [1.165, 1.54) is 38.5 Å². The molecule has 0 spiro atoms. The zero-order valence-electron chi connectivity index (χ0n) is 17.3. The zero-order valence-corrected chi connectivity index (χ0v) is 17.3. The molecular formula is C24H35NO3. The number of hydrogen-bond acceptors (Lipinski definition) is 2. The van der Waals surface area contributed by atoms with Gasteiger partial charge in [-0.05, 0) is 38.2 Å². The molecule has 1 amide bonds. The quantitative estimate of drug-likeness (QED) is 0.365. The minimum atomic E-state index is -0.897. The van der Waals surface area contributed by atoms with E-state index in [9.17, 15) is 14.7 Å². The summed E-state index contributed by atoms with van der Waals surface area (Å²) in [5.74, 6) is -2.21. The lowest BCUT2D eigenvalue weighted by Gasteiger charge is -2.19. The lowest BCUT2D eigenvalue weighted by molar-refractivity contribution is -0.144. The number of carbonyl (C=O) groups is 2. The van der Waals surface area contributed by atoms with Gasteiger partial charge < -0.3 is 10.4 Å². The molecule has 1 aromatic carbocycles. The molecule has 0 bridgehead atoms. The molecular weight excluding hydrogens is 350 g/mol. The van der Waals surface area contributed by atoms with Gasteiger partial charge in [-0.1, -0.05) is 81.0 Å². The van der Waals surface area contributed by atoms with Gasteiger partial charge in [0.2, 0.25) is 5.91 Å². The SMILES string of the molecule is CCCCCCCCC=CCCC1C(=O)NC(c2cccc(C)c2)C1C(=O)O. The van der Waals surface area contributed by atoms with Crippen LogP contribution >= 0.6 is 0 Å². The number of aryl methyl sites for hydroxylation is 1. The number of carbonyl (C=O) groups excluding carboxylic acids is 1. The molecule has 3 atom stereocenters. The Bertz CT molecular complexity index is 668. The Labute approximate surface area is 169 Å². The van der Waals surface area contributed by atoms with Crippen LogP contribution in [0.4, 0.5) is 0 Å². The maximum atomic E-state index is 12.5. The molecule has 4 nitrogen and oxygen atoms in total. The van der Waals surface area contributed by atoms with E-state index in [1.54, 1.807) is 0 Å². The van der Waals surface area contributed by atoms with Crippen molar-refractivity contribution in [3.8, 4) is 0 Å². The molecule has 1 aliphatic rings. The summed E-state index contributed by atoms with van der Waals surface area (Å²) < 4.78 is 0. The Balaban J connectivity index is 1.83. The number of hydrogen-bond donors (Lipinski definition) is 2. The molecule has 1 aliphatic heterocycles. The van der Waals surface area contributed by atoms with Crippen LogP contribution in [0.15, 0.2) is 36.4 Å². The van der Waals surface area contributed by atoms with Crippen LogP contribution in [0.5, 0.6) is 0 Å². The summed E-state index contributed by atoms with van der Waals surface area (Å²) in [5.41, 5.74) is 1.94. The summed E-state index contributed by atoms with van der Waals surface area (Å²) in [5, 5.41) is 12.7. The van der Waals surface area contributed by atoms with Gasteiger partial charge in [0.05, 0.1) is 17.9 Å². The molecule has 2 rings (SSSR count). The number of rotatable bonds is 12. The standard InChI is InChI=1S/C24H35NO3/c1-3-4-5-6-7-8-9-10-11-12-16-20-21(24(27)28)22(25-23(20)26)19-15-13-14-18(2)17-19/h10-11,13-15,17,20-22H,3-9,12,16H2,1-2H3,(H,25,26)(H,27,28). The highest BCUT2D eigenvalue weighted by Gasteiger charge is 2.46. The van der Waals surface area contributed by atoms with Gasteiger partial charge in [-0.15, -0.1) is 0 Å². The fourth-order valence-electron chi connectivity index (χ4n) is 4.08. The van der Waals surface area contributed by atoms with Crippen LogP contribution in [-0.2, 0) is 9.59 Å². The summed E-state index contributed by atoms with van der Waals surface area (Å²) in [6, 6.07) is 7.30. The average Bonchev–Trinajstić information content (AvgIpc) is 3.00. The van der Waals surface area contributed by atoms with Gasteiger partial charge in [0, 0.05) is 0 Å². The topological polar surface area (TPSA) is 66.4 Å². The van der Waals surface area contributed by atoms with E-state index in [0.29, 0.717) is 6.42 Å². The van der Waals surface area contributed by atoms with Gasteiger partial charge >= 0.3 is 5.97 Å². The van der Waals surface area contributed by atoms with Gasteiger partial charge in [-0.25, -0.2) is 0 Å². The first-order valence-corrected chi connectivity index (χ1v) is 10.8. The summed E-state index contributed by atoms with van der Waals surface area (Å²) in [6.45, 7) is 4.20. The van der Waals surface area contributed by atoms with Crippen molar-refractivity contribution < 1.29 is 14.7 Å². The first kappa shape index (κ1) is 22.2. The Hall–Kier alpha value is -2.10. The van der Waals surface area contributed by atoms with Crippen LogP contribution in [-0.4, -0.2) is 17.0 Å². The van der Waals surface area contributed by atoms with Crippen LogP contribution in [0.25, 0.3) is 0 Å². The average molecular weight is 386 g/mol. The third-order valence-electron chi connectivity index (χ3n) is 5.65. The second-order valence-corrected chi connectivity index (χ2v) is 7.98. The number of unbranched alkanes of at least 4 members (excludes halogenated alkanes) is 6. The predicted octanol–water partition coefficient (Wildman–Crippen LogP) is 5.57. The monoisotopic (exact) mass is 385 g/mol. The first-order valence-electron chi connectivity index (χ1n) is 10.8. The lowest BCUT2D eigenvalue weighted by atomic mass is 9.84. The van der Waals surface area contributed by atoms with Gasteiger partial charge in [0.25, 0.3) is 0 Å². The summed E-state index contributed by atoms with van der Waals surface area (Å²) in [7, 11) is 0. The van der Waals surface area contributed by atoms with E-state index in [0.717, 1.165) is 24.0 Å². The maximum absolute atomic E-state index is 12.5. The van der Waals surface area contributed by atoms with Crippen molar-refractivity contribution in [1.29, 1.82) is 0 Å². The fraction of sp³-hybridized carbons (Fsp3) is 0.583. The Morgan fingerprint density at radius 2 is 1.82 bits per heavy atom. The van der Waals surface area contributed by atoms with Crippen LogP contribution in [0.2, 0.25) is 0 Å². The fourth-order valence-corrected chi connectivity index (χ4v) is 4.08. The van der Waals surface area contributed by atoms with Crippen LogP contribution in [0.1, 0.15) is 81.9 Å². The minimum Gasteiger partial charge on any atom is -0.481 e. The largest absolute Gasteiger partial charge is 0.481 e. The smallest absolute Gasteiger partial charge is 0.309 e. The van der Waals surface area contributed by atoms with E-state index in [1.807, 2.05) is 31.2 Å². The van der Waals surface area contributed by atoms with Crippen molar-refractivity contribution in [1.82, 2.24) is 5.32 Å². The van der Waals surface area contributed by atoms with E-state index in [2.05, 4.69) is 24.4 Å². The van der Waals surface area contributed by atoms with Crippen LogP contribution in [0, 0.1) is 18.8 Å². The summed E-state index contributed by atoms with van der Waals surface area (Å²) >= 11 is 0. The van der Waals surface area contributed by atoms with E-state index < -0.39 is 23.8 Å². The lowest BCUT2D eigenvalue weighted by Crippen LogP contribution is -2.26. The van der Waals surface area contributed by atoms with Crippen molar-refractivity contribution in [3.05, 3.63) is 47.5 Å². The normalized spacial score (nSPS) is 21.9. The second kappa shape index (κ2) is 11.7. The van der Waals surface area contributed by atoms with E-state index >= 15 is 0 Å². The Morgan fingerprint density at radius 3 is 2.54 bits per heavy atom. The molecule has 3 unspecified atom stereocenters. The Morgan fingerprint density at radius 1 is 1.11 bits per heavy atom. The molecule has 1 fully saturated rings. The number of carboxylic acids is 1. The van der Waals surface area contributed by atoms with Gasteiger partial charge in [0.15, 0.2) is 0 Å². The molecule has 154 valence electrons. The predicted molar refractivity (Wildman–Crippen MR) is 113 cm³/mol. The zero-order chi connectivity index (χ0) is 20.4. The van der Waals surface area contributed by atoms with Gasteiger partial charge in [0.1, 0.15) is 0 Å². The molecule has 1 heterocycles. The number of amides is 1. The third kappa shape index (κ3) is 6.50. The highest BCUT2D eigenvalue weighted by atomic mass is 16.4. The second-order valence-electron chi connectivity index (χ2n) is 7.98. The number of carboxylic acid groups (broad SMARTS) is 1. The highest BCUT2D eigenvalue weighted by molar-refractivity contribution is 5.89. The molecule has 0 aromatic heterocycles. The van der Waals surface area contributed by atoms with E-state index in [4.69, 9.17) is 0 Å². The minimum absolute atomic E-state index is 0.136. The molecule has 1 aromatic rings. The van der Waals surface area contributed by atoms with Crippen molar-refractivity contribution in [2.45, 2.75) is 77.7 Å². The van der Waals surface area contributed by atoms with Crippen molar-refractivity contribution in [2.24, 2.45) is 11.8 Å². The number of allylic oxidation sites excluding steroid dienone is 2. The van der Waals surface area contributed by atoms with Crippen LogP contribution < -0.4 is 5.32 Å². The molecule has 28 heavy (non-hydrogen) atoms. The van der Waals surface area contributed by atoms with E-state index in [-0.39, 0.29) is 5.91 Å². The number of benzene rings is 1. The molecule has 0 aliphatic carbocycles. The Kier molecular flexibility index (Phi) is 9.26.